The summed E-state index contributed by atoms with van der Waals surface area (Å²) in [7, 11) is -1.39. The van der Waals surface area contributed by atoms with Crippen molar-refractivity contribution in [2.24, 2.45) is 0 Å². The molecule has 0 aromatic heterocycles. The highest BCUT2D eigenvalue weighted by Gasteiger charge is 2.15. The Hall–Kier alpha value is 0.0469. The van der Waals surface area contributed by atoms with Gasteiger partial charge < -0.3 is 4.43 Å². The van der Waals surface area contributed by atoms with E-state index in [2.05, 4.69) is 19.6 Å². The molecule has 1 nitrogen and oxygen atoms in total. The second kappa shape index (κ2) is 3.27. The number of rotatable bonds is 2. The summed E-state index contributed by atoms with van der Waals surface area (Å²) in [6.45, 7) is 8.23. The lowest BCUT2D eigenvalue weighted by Gasteiger charge is -2.18. The zero-order chi connectivity index (χ0) is 7.49. The van der Waals surface area contributed by atoms with Crippen LogP contribution in [0.15, 0.2) is 11.3 Å². The fourth-order valence-corrected chi connectivity index (χ4v) is 1.65. The molecule has 0 aliphatic carbocycles. The largest absolute Gasteiger partial charge is 0.547 e. The van der Waals surface area contributed by atoms with Crippen LogP contribution in [-0.4, -0.2) is 8.32 Å². The number of hydrogen-bond acceptors (Lipinski definition) is 1. The molecule has 0 spiro atoms. The Balaban J connectivity index is 3.75. The molecule has 0 aliphatic heterocycles. The average Bonchev–Trinajstić information content (AvgIpc) is 1.62. The second-order valence-corrected chi connectivity index (χ2v) is 7.58. The third-order valence-corrected chi connectivity index (χ3v) is 1.86. The molecule has 3 heteroatoms. The Morgan fingerprint density at radius 1 is 1.44 bits per heavy atom. The van der Waals surface area contributed by atoms with Gasteiger partial charge in [0.1, 0.15) is 0 Å². The first-order chi connectivity index (χ1) is 3.95. The van der Waals surface area contributed by atoms with Gasteiger partial charge in [0.15, 0.2) is 0 Å². The molecule has 0 bridgehead atoms. The van der Waals surface area contributed by atoms with Crippen molar-refractivity contribution in [2.75, 3.05) is 0 Å². The van der Waals surface area contributed by atoms with Gasteiger partial charge in [-0.25, -0.2) is 0 Å². The molecule has 0 aromatic carbocycles. The fraction of sp³-hybridized carbons (Fsp3) is 0.667. The highest BCUT2D eigenvalue weighted by atomic mass is 35.5. The van der Waals surface area contributed by atoms with E-state index in [0.717, 1.165) is 5.76 Å². The van der Waals surface area contributed by atoms with E-state index >= 15 is 0 Å². The normalized spacial score (nSPS) is 13.7. The van der Waals surface area contributed by atoms with Crippen LogP contribution in [0.3, 0.4) is 0 Å². The van der Waals surface area contributed by atoms with Crippen molar-refractivity contribution in [3.63, 3.8) is 0 Å². The first kappa shape index (κ1) is 9.05. The van der Waals surface area contributed by atoms with E-state index in [4.69, 9.17) is 16.0 Å². The molecule has 0 atom stereocenters. The van der Waals surface area contributed by atoms with Gasteiger partial charge in [0.25, 0.3) is 0 Å². The minimum absolute atomic E-state index is 0.816. The summed E-state index contributed by atoms with van der Waals surface area (Å²) >= 11 is 5.39. The van der Waals surface area contributed by atoms with Crippen molar-refractivity contribution < 1.29 is 4.43 Å². The van der Waals surface area contributed by atoms with Crippen LogP contribution in [0.5, 0.6) is 0 Å². The fourth-order valence-electron chi connectivity index (χ4n) is 0.505. The standard InChI is InChI=1S/C6H13ClOSi/c1-6(5-7)8-9(2,3)4/h5H,1-4H3/b6-5-. The Labute approximate surface area is 62.8 Å². The van der Waals surface area contributed by atoms with Gasteiger partial charge in [-0.3, -0.25) is 0 Å². The lowest BCUT2D eigenvalue weighted by atomic mass is 10.7. The molecule has 0 fully saturated rings. The predicted octanol–water partition coefficient (Wildman–Crippen LogP) is 2.94. The lowest BCUT2D eigenvalue weighted by Crippen LogP contribution is -2.23. The Morgan fingerprint density at radius 3 is 2.00 bits per heavy atom. The average molecular weight is 165 g/mol. The van der Waals surface area contributed by atoms with E-state index in [1.165, 1.54) is 5.54 Å². The van der Waals surface area contributed by atoms with Crippen molar-refractivity contribution in [3.05, 3.63) is 11.3 Å². The smallest absolute Gasteiger partial charge is 0.241 e. The zero-order valence-electron chi connectivity index (χ0n) is 6.36. The van der Waals surface area contributed by atoms with Crippen LogP contribution in [-0.2, 0) is 4.43 Å². The Kier molecular flexibility index (Phi) is 3.29. The summed E-state index contributed by atoms with van der Waals surface area (Å²) in [4.78, 5) is 0. The monoisotopic (exact) mass is 164 g/mol. The van der Waals surface area contributed by atoms with Gasteiger partial charge in [-0.1, -0.05) is 11.6 Å². The SMILES string of the molecule is C/C(=C/Cl)O[Si](C)(C)C. The first-order valence-corrected chi connectivity index (χ1v) is 6.76. The van der Waals surface area contributed by atoms with Gasteiger partial charge in [-0.15, -0.1) is 0 Å². The van der Waals surface area contributed by atoms with Crippen LogP contribution in [0.25, 0.3) is 0 Å². The van der Waals surface area contributed by atoms with Crippen LogP contribution < -0.4 is 0 Å². The summed E-state index contributed by atoms with van der Waals surface area (Å²) < 4.78 is 5.45. The van der Waals surface area contributed by atoms with Gasteiger partial charge >= 0.3 is 0 Å². The maximum atomic E-state index is 5.45. The van der Waals surface area contributed by atoms with Crippen molar-refractivity contribution in [1.82, 2.24) is 0 Å². The summed E-state index contributed by atoms with van der Waals surface area (Å²) in [5.74, 6) is 0.816. The zero-order valence-corrected chi connectivity index (χ0v) is 8.12. The molecule has 0 radical (unpaired) electrons. The van der Waals surface area contributed by atoms with Crippen molar-refractivity contribution in [3.8, 4) is 0 Å². The molecule has 0 rings (SSSR count). The minimum atomic E-state index is -1.39. The summed E-state index contributed by atoms with van der Waals surface area (Å²) in [5, 5.41) is 0. The molecule has 0 saturated heterocycles. The van der Waals surface area contributed by atoms with Crippen LogP contribution in [0, 0.1) is 0 Å². The molecule has 9 heavy (non-hydrogen) atoms. The third-order valence-electron chi connectivity index (χ3n) is 0.621. The van der Waals surface area contributed by atoms with E-state index in [0.29, 0.717) is 0 Å². The summed E-state index contributed by atoms with van der Waals surface area (Å²) in [5.41, 5.74) is 1.47. The van der Waals surface area contributed by atoms with Crippen LogP contribution in [0.4, 0.5) is 0 Å². The predicted molar refractivity (Wildman–Crippen MR) is 44.0 cm³/mol. The quantitative estimate of drug-likeness (QED) is 0.451. The molecule has 0 N–H and O–H groups in total. The summed E-state index contributed by atoms with van der Waals surface area (Å²) in [6, 6.07) is 0. The second-order valence-electron chi connectivity index (χ2n) is 2.93. The molecule has 0 unspecified atom stereocenters. The lowest BCUT2D eigenvalue weighted by molar-refractivity contribution is 0.426. The first-order valence-electron chi connectivity index (χ1n) is 2.92. The van der Waals surface area contributed by atoms with Gasteiger partial charge in [0.2, 0.25) is 8.32 Å². The Bertz CT molecular complexity index is 115. The summed E-state index contributed by atoms with van der Waals surface area (Å²) in [6.07, 6.45) is 0. The van der Waals surface area contributed by atoms with E-state index in [1.807, 2.05) is 6.92 Å². The van der Waals surface area contributed by atoms with Gasteiger partial charge in [-0.2, -0.15) is 0 Å². The molecule has 0 aliphatic rings. The van der Waals surface area contributed by atoms with Crippen molar-refractivity contribution in [1.29, 1.82) is 0 Å². The van der Waals surface area contributed by atoms with Crippen molar-refractivity contribution >= 4 is 19.9 Å². The van der Waals surface area contributed by atoms with Crippen molar-refractivity contribution in [2.45, 2.75) is 26.6 Å². The van der Waals surface area contributed by atoms with Gasteiger partial charge in [0.05, 0.1) is 5.76 Å². The molecule has 0 amide bonds. The van der Waals surface area contributed by atoms with Crippen LogP contribution in [0.2, 0.25) is 19.6 Å². The number of hydrogen-bond donors (Lipinski definition) is 0. The van der Waals surface area contributed by atoms with E-state index < -0.39 is 8.32 Å². The molecule has 0 aromatic rings. The highest BCUT2D eigenvalue weighted by molar-refractivity contribution is 6.70. The third kappa shape index (κ3) is 5.93. The molecule has 54 valence electrons. The molecule has 0 heterocycles. The van der Waals surface area contributed by atoms with E-state index in [1.54, 1.807) is 0 Å². The van der Waals surface area contributed by atoms with E-state index in [9.17, 15) is 0 Å². The maximum Gasteiger partial charge on any atom is 0.241 e. The Morgan fingerprint density at radius 2 is 1.89 bits per heavy atom. The van der Waals surface area contributed by atoms with Crippen LogP contribution in [0.1, 0.15) is 6.92 Å². The highest BCUT2D eigenvalue weighted by Crippen LogP contribution is 2.09. The molecular formula is C6H13ClOSi. The maximum absolute atomic E-state index is 5.45. The topological polar surface area (TPSA) is 9.23 Å². The number of allylic oxidation sites excluding steroid dienone is 1. The number of halogens is 1. The molecular weight excluding hydrogens is 152 g/mol. The molecule has 0 saturated carbocycles. The van der Waals surface area contributed by atoms with Crippen LogP contribution >= 0.6 is 11.6 Å². The van der Waals surface area contributed by atoms with Gasteiger partial charge in [0, 0.05) is 5.54 Å². The van der Waals surface area contributed by atoms with E-state index in [-0.39, 0.29) is 0 Å². The van der Waals surface area contributed by atoms with Gasteiger partial charge in [-0.05, 0) is 26.6 Å². The minimum Gasteiger partial charge on any atom is -0.547 e.